The monoisotopic (exact) mass is 855 g/mol. The van der Waals surface area contributed by atoms with Crippen LogP contribution >= 0.6 is 0 Å². The lowest BCUT2D eigenvalue weighted by Gasteiger charge is -2.48. The van der Waals surface area contributed by atoms with Crippen LogP contribution in [0.1, 0.15) is 113 Å². The highest BCUT2D eigenvalue weighted by atomic mass is 28.4. The molecule has 0 aliphatic heterocycles. The fourth-order valence-electron chi connectivity index (χ4n) is 9.74. The molecule has 0 heterocycles. The number of ether oxygens (including phenoxy) is 1. The Labute approximate surface area is 371 Å². The normalized spacial score (nSPS) is 18.8. The van der Waals surface area contributed by atoms with Crippen molar-refractivity contribution in [1.82, 2.24) is 0 Å². The van der Waals surface area contributed by atoms with E-state index in [-0.39, 0.29) is 34.0 Å². The molecule has 0 N–H and O–H groups in total. The molecule has 4 aromatic rings. The number of carbonyl (C=O) groups excluding carboxylic acids is 1. The van der Waals surface area contributed by atoms with E-state index in [1.54, 1.807) is 0 Å². The first kappa shape index (κ1) is 48.0. The minimum absolute atomic E-state index is 0.0443. The van der Waals surface area contributed by atoms with E-state index in [4.69, 9.17) is 20.2 Å². The number of benzene rings is 4. The van der Waals surface area contributed by atoms with Gasteiger partial charge in [0.2, 0.25) is 0 Å². The summed E-state index contributed by atoms with van der Waals surface area (Å²) in [4.78, 5) is 11.9. The Morgan fingerprint density at radius 1 is 0.689 bits per heavy atom. The predicted octanol–water partition coefficient (Wildman–Crippen LogP) is 11.9. The third-order valence-corrected chi connectivity index (χ3v) is 23.1. The minimum Gasteiger partial charge on any atom is -0.469 e. The Bertz CT molecular complexity index is 1940. The first-order valence-electron chi connectivity index (χ1n) is 22.8. The Hall–Kier alpha value is -4.08. The minimum atomic E-state index is -2.88. The molecule has 4 nitrogen and oxygen atoms in total. The number of unbranched alkanes of at least 4 members (excludes halogenated alkanes) is 3. The van der Waals surface area contributed by atoms with Gasteiger partial charge in [-0.25, -0.2) is 0 Å². The number of hydrogen-bond acceptors (Lipinski definition) is 4. The van der Waals surface area contributed by atoms with Crippen LogP contribution in [0.25, 0.3) is 0 Å². The first-order chi connectivity index (χ1) is 29.1. The van der Waals surface area contributed by atoms with Gasteiger partial charge >= 0.3 is 5.97 Å². The largest absolute Gasteiger partial charge is 0.469 e. The number of allylic oxidation sites excluding steroid dienone is 3. The molecule has 0 spiro atoms. The summed E-state index contributed by atoms with van der Waals surface area (Å²) in [6, 6.07) is 44.1. The first-order valence-corrected chi connectivity index (χ1v) is 26.6. The fourth-order valence-corrected chi connectivity index (χ4v) is 19.3. The van der Waals surface area contributed by atoms with Crippen LogP contribution in [0.5, 0.6) is 0 Å². The van der Waals surface area contributed by atoms with Crippen molar-refractivity contribution in [2.45, 2.75) is 135 Å². The van der Waals surface area contributed by atoms with Crippen LogP contribution < -0.4 is 20.7 Å². The summed E-state index contributed by atoms with van der Waals surface area (Å²) >= 11 is 0. The maximum atomic E-state index is 11.9. The predicted molar refractivity (Wildman–Crippen MR) is 263 cm³/mol. The zero-order valence-corrected chi connectivity index (χ0v) is 40.8. The lowest BCUT2D eigenvalue weighted by molar-refractivity contribution is -0.140. The quantitative estimate of drug-likeness (QED) is 0.0384. The van der Waals surface area contributed by atoms with Gasteiger partial charge in [-0.3, -0.25) is 4.79 Å². The molecule has 0 saturated heterocycles. The lowest BCUT2D eigenvalue weighted by atomic mass is 9.87. The maximum absolute atomic E-state index is 11.9. The van der Waals surface area contributed by atoms with E-state index in [0.29, 0.717) is 6.42 Å². The molecule has 1 aliphatic rings. The molecule has 0 amide bonds. The van der Waals surface area contributed by atoms with E-state index in [1.807, 2.05) is 0 Å². The van der Waals surface area contributed by atoms with Crippen LogP contribution in [0.3, 0.4) is 0 Å². The van der Waals surface area contributed by atoms with Crippen molar-refractivity contribution in [3.63, 3.8) is 0 Å². The average molecular weight is 855 g/mol. The molecular weight excluding hydrogens is 781 g/mol. The third-order valence-electron chi connectivity index (χ3n) is 12.9. The zero-order valence-electron chi connectivity index (χ0n) is 38.8. The van der Waals surface area contributed by atoms with E-state index in [2.05, 4.69) is 201 Å². The second-order valence-electron chi connectivity index (χ2n) is 19.4. The fraction of sp³-hybridized carbons (Fsp3) is 0.436. The Balaban J connectivity index is 1.61. The van der Waals surface area contributed by atoms with Crippen molar-refractivity contribution >= 4 is 43.4 Å². The van der Waals surface area contributed by atoms with Crippen molar-refractivity contribution in [3.8, 4) is 0 Å². The molecule has 0 aromatic heterocycles. The molecular formula is C55H74O4Si2. The summed E-state index contributed by atoms with van der Waals surface area (Å²) in [7, 11) is -4.28. The van der Waals surface area contributed by atoms with Crippen LogP contribution in [-0.2, 0) is 18.4 Å². The van der Waals surface area contributed by atoms with Gasteiger partial charge in [0.1, 0.15) is 0 Å². The smallest absolute Gasteiger partial charge is 0.305 e. The number of hydrogen-bond donors (Lipinski definition) is 0. The lowest BCUT2D eigenvalue weighted by Crippen LogP contribution is -2.69. The Morgan fingerprint density at radius 2 is 1.16 bits per heavy atom. The molecule has 1 aliphatic carbocycles. The van der Waals surface area contributed by atoms with E-state index >= 15 is 0 Å². The topological polar surface area (TPSA) is 44.8 Å². The number of esters is 1. The molecule has 6 heteroatoms. The van der Waals surface area contributed by atoms with Crippen molar-refractivity contribution in [2.24, 2.45) is 11.8 Å². The highest BCUT2D eigenvalue weighted by molar-refractivity contribution is 7.00. The van der Waals surface area contributed by atoms with E-state index in [9.17, 15) is 4.79 Å². The molecule has 1 fully saturated rings. The molecule has 1 saturated carbocycles. The van der Waals surface area contributed by atoms with Crippen molar-refractivity contribution < 1.29 is 18.4 Å². The van der Waals surface area contributed by atoms with Crippen LogP contribution in [0.15, 0.2) is 158 Å². The summed E-state index contributed by atoms with van der Waals surface area (Å²) in [5.41, 5.74) is 0.677. The number of rotatable bonds is 20. The maximum Gasteiger partial charge on any atom is 0.305 e. The molecule has 0 bridgehead atoms. The van der Waals surface area contributed by atoms with Gasteiger partial charge in [0.15, 0.2) is 0 Å². The standard InChI is InChI=1S/C55H74O4Si2/c1-11-12-29-41-55(9,59-61(54(6,7)8,47-34-23-17-24-35-47)48-36-25-18-26-37-48)42-40-49-44(2)43-51(50(49)38-27-13-14-28-39-52(56)57-10)58-60(53(3,4)5,45-30-19-15-20-31-45)46-32-21-16-22-33-46/h13,15-27,30-37,40,42,49-51H,2,11-12,14,28-29,38-39,41,43H2,1,3-10H3/t49-,50+,51-,55?/m0/s1. The molecule has 326 valence electrons. The van der Waals surface area contributed by atoms with E-state index < -0.39 is 22.2 Å². The van der Waals surface area contributed by atoms with Crippen LogP contribution in [0.4, 0.5) is 0 Å². The van der Waals surface area contributed by atoms with Crippen molar-refractivity contribution in [2.75, 3.05) is 7.11 Å². The summed E-state index contributed by atoms with van der Waals surface area (Å²) in [6.07, 6.45) is 17.4. The molecule has 4 aromatic carbocycles. The second kappa shape index (κ2) is 21.3. The van der Waals surface area contributed by atoms with Crippen LogP contribution in [0.2, 0.25) is 10.1 Å². The highest BCUT2D eigenvalue weighted by Crippen LogP contribution is 2.47. The molecule has 61 heavy (non-hydrogen) atoms. The third kappa shape index (κ3) is 11.3. The van der Waals surface area contributed by atoms with Crippen molar-refractivity contribution in [3.05, 3.63) is 158 Å². The molecule has 0 radical (unpaired) electrons. The number of carbonyl (C=O) groups is 1. The highest BCUT2D eigenvalue weighted by Gasteiger charge is 2.55. The van der Waals surface area contributed by atoms with Gasteiger partial charge in [-0.1, -0.05) is 226 Å². The van der Waals surface area contributed by atoms with Gasteiger partial charge in [-0.2, -0.15) is 0 Å². The van der Waals surface area contributed by atoms with E-state index in [1.165, 1.54) is 33.4 Å². The number of methoxy groups -OCH3 is 1. The van der Waals surface area contributed by atoms with Gasteiger partial charge in [0.05, 0.1) is 18.8 Å². The van der Waals surface area contributed by atoms with Gasteiger partial charge in [-0.15, -0.1) is 0 Å². The summed E-state index contributed by atoms with van der Waals surface area (Å²) in [5, 5.41) is 4.87. The summed E-state index contributed by atoms with van der Waals surface area (Å²) in [6.45, 7) is 23.6. The van der Waals surface area contributed by atoms with Gasteiger partial charge in [0.25, 0.3) is 16.6 Å². The van der Waals surface area contributed by atoms with Crippen LogP contribution in [-0.4, -0.2) is 41.4 Å². The Kier molecular flexibility index (Phi) is 16.8. The molecule has 5 rings (SSSR count). The Morgan fingerprint density at radius 3 is 1.61 bits per heavy atom. The summed E-state index contributed by atoms with van der Waals surface area (Å²) < 4.78 is 20.9. The van der Waals surface area contributed by atoms with Gasteiger partial charge < -0.3 is 13.6 Å². The van der Waals surface area contributed by atoms with Gasteiger partial charge in [-0.05, 0) is 75.8 Å². The van der Waals surface area contributed by atoms with Gasteiger partial charge in [0, 0.05) is 12.3 Å². The molecule has 4 atom stereocenters. The SMILES string of the molecule is C=C1C[C@H](O[Si](c2ccccc2)(c2ccccc2)C(C)(C)C)[C@H](CC=CCCCC(=O)OC)[C@H]1C=CC(C)(CCCCC)O[Si](c1ccccc1)(c1ccccc1)C(C)(C)C. The summed E-state index contributed by atoms with van der Waals surface area (Å²) in [5.74, 6) is 0.0953. The van der Waals surface area contributed by atoms with Crippen LogP contribution in [0, 0.1) is 11.8 Å². The average Bonchev–Trinajstić information content (AvgIpc) is 3.55. The molecule has 1 unspecified atom stereocenters. The second-order valence-corrected chi connectivity index (χ2v) is 27.9. The van der Waals surface area contributed by atoms with Crippen molar-refractivity contribution in [1.29, 1.82) is 0 Å². The van der Waals surface area contributed by atoms with E-state index in [0.717, 1.165) is 51.4 Å². The zero-order chi connectivity index (χ0) is 44.2.